The number of carbonyl (C=O) groups is 2. The Balaban J connectivity index is 3.50. The zero-order valence-corrected chi connectivity index (χ0v) is 42.7. The van der Waals surface area contributed by atoms with Gasteiger partial charge in [0.05, 0.1) is 6.61 Å². The first-order valence-electron chi connectivity index (χ1n) is 27.1. The molecular weight excluding hydrogens is 813 g/mol. The van der Waals surface area contributed by atoms with Crippen LogP contribution in [-0.4, -0.2) is 36.4 Å². The van der Waals surface area contributed by atoms with Crippen molar-refractivity contribution in [2.75, 3.05) is 13.2 Å². The number of aliphatic hydroxyl groups is 1. The maximum atomic E-state index is 12.3. The first kappa shape index (κ1) is 62.3. The van der Waals surface area contributed by atoms with Gasteiger partial charge in [-0.3, -0.25) is 9.59 Å². The normalized spacial score (nSPS) is 13.2. The Morgan fingerprint density at radius 1 is 0.348 bits per heavy atom. The maximum Gasteiger partial charge on any atom is 0.306 e. The molecule has 1 atom stereocenters. The lowest BCUT2D eigenvalue weighted by molar-refractivity contribution is -0.161. The standard InChI is InChI=1S/C61H100O5/c1-3-5-7-9-11-13-15-17-19-20-21-22-23-24-25-26-27-28-29-30-31-32-33-34-35-36-37-38-39-40-42-44-46-48-50-52-54-56-61(64)66-59(57-62)58-65-60(63)55-53-51-49-47-45-43-41-18-16-14-12-10-8-6-4-2/h5-8,11-14,17-19,21-22,24-25,27-28,41,45,47,59,62H,3-4,9-10,15-16,20,23,26,29-40,42-44,46,48-58H2,1-2H3/b7-5-,8-6-,13-11-,14-12-,19-17-,22-21-,25-24-,28-27-,41-18-,47-45-. The predicted molar refractivity (Wildman–Crippen MR) is 288 cm³/mol. The Hall–Kier alpha value is -3.70. The van der Waals surface area contributed by atoms with Crippen LogP contribution < -0.4 is 0 Å². The van der Waals surface area contributed by atoms with E-state index in [1.165, 1.54) is 103 Å². The van der Waals surface area contributed by atoms with Crippen LogP contribution in [0, 0.1) is 0 Å². The highest BCUT2D eigenvalue weighted by Crippen LogP contribution is 2.16. The summed E-state index contributed by atoms with van der Waals surface area (Å²) in [4.78, 5) is 24.4. The van der Waals surface area contributed by atoms with Crippen molar-refractivity contribution in [2.45, 2.75) is 238 Å². The first-order valence-corrected chi connectivity index (χ1v) is 27.1. The Morgan fingerprint density at radius 2 is 0.606 bits per heavy atom. The Kier molecular flexibility index (Phi) is 52.5. The largest absolute Gasteiger partial charge is 0.462 e. The molecule has 0 radical (unpaired) electrons. The Labute approximate surface area is 407 Å². The van der Waals surface area contributed by atoms with E-state index in [-0.39, 0.29) is 25.2 Å². The quantitative estimate of drug-likeness (QED) is 0.0374. The molecule has 66 heavy (non-hydrogen) atoms. The summed E-state index contributed by atoms with van der Waals surface area (Å²) >= 11 is 0. The lowest BCUT2D eigenvalue weighted by Gasteiger charge is -2.15. The molecule has 0 amide bonds. The minimum Gasteiger partial charge on any atom is -0.462 e. The first-order chi connectivity index (χ1) is 32.6. The van der Waals surface area contributed by atoms with Crippen LogP contribution in [0.2, 0.25) is 0 Å². The van der Waals surface area contributed by atoms with E-state index in [1.807, 2.05) is 0 Å². The number of hydrogen-bond acceptors (Lipinski definition) is 5. The van der Waals surface area contributed by atoms with Crippen LogP contribution in [0.3, 0.4) is 0 Å². The molecular formula is C61H100O5. The molecule has 0 spiro atoms. The summed E-state index contributed by atoms with van der Waals surface area (Å²) in [6, 6.07) is 0. The van der Waals surface area contributed by atoms with Crippen molar-refractivity contribution >= 4 is 11.9 Å². The minimum absolute atomic E-state index is 0.0916. The van der Waals surface area contributed by atoms with Gasteiger partial charge in [-0.25, -0.2) is 0 Å². The third-order valence-electron chi connectivity index (χ3n) is 11.3. The molecule has 1 unspecified atom stereocenters. The molecule has 0 saturated heterocycles. The zero-order valence-electron chi connectivity index (χ0n) is 42.7. The van der Waals surface area contributed by atoms with E-state index in [4.69, 9.17) is 9.47 Å². The number of rotatable bonds is 48. The Bertz CT molecular complexity index is 1350. The van der Waals surface area contributed by atoms with Gasteiger partial charge in [0, 0.05) is 12.8 Å². The average molecular weight is 913 g/mol. The number of ether oxygens (including phenoxy) is 2. The van der Waals surface area contributed by atoms with Crippen LogP contribution in [0.15, 0.2) is 122 Å². The fourth-order valence-corrected chi connectivity index (χ4v) is 7.26. The number of carbonyl (C=O) groups excluding carboxylic acids is 2. The van der Waals surface area contributed by atoms with E-state index in [9.17, 15) is 14.7 Å². The van der Waals surface area contributed by atoms with E-state index in [0.29, 0.717) is 12.8 Å². The highest BCUT2D eigenvalue weighted by atomic mass is 16.6. The molecule has 0 heterocycles. The number of unbranched alkanes of at least 4 members (excludes halogenated alkanes) is 20. The van der Waals surface area contributed by atoms with Gasteiger partial charge in [-0.05, 0) is 103 Å². The van der Waals surface area contributed by atoms with Crippen LogP contribution in [0.25, 0.3) is 0 Å². The van der Waals surface area contributed by atoms with Crippen LogP contribution >= 0.6 is 0 Å². The smallest absolute Gasteiger partial charge is 0.306 e. The molecule has 0 aromatic rings. The third kappa shape index (κ3) is 52.9. The van der Waals surface area contributed by atoms with E-state index in [0.717, 1.165) is 103 Å². The van der Waals surface area contributed by atoms with Crippen LogP contribution in [0.1, 0.15) is 232 Å². The molecule has 0 aliphatic carbocycles. The second-order valence-electron chi connectivity index (χ2n) is 17.5. The lowest BCUT2D eigenvalue weighted by atomic mass is 10.0. The van der Waals surface area contributed by atoms with Crippen molar-refractivity contribution in [3.05, 3.63) is 122 Å². The second kappa shape index (κ2) is 55.6. The fourth-order valence-electron chi connectivity index (χ4n) is 7.26. The monoisotopic (exact) mass is 913 g/mol. The summed E-state index contributed by atoms with van der Waals surface area (Å²) in [7, 11) is 0. The molecule has 0 aromatic heterocycles. The number of hydrogen-bond donors (Lipinski definition) is 1. The van der Waals surface area contributed by atoms with Gasteiger partial charge in [0.25, 0.3) is 0 Å². The summed E-state index contributed by atoms with van der Waals surface area (Å²) in [5, 5.41) is 9.62. The van der Waals surface area contributed by atoms with E-state index >= 15 is 0 Å². The molecule has 0 aliphatic rings. The van der Waals surface area contributed by atoms with Crippen molar-refractivity contribution in [2.24, 2.45) is 0 Å². The second-order valence-corrected chi connectivity index (χ2v) is 17.5. The maximum absolute atomic E-state index is 12.3. The fraction of sp³-hybridized carbons (Fsp3) is 0.639. The van der Waals surface area contributed by atoms with Gasteiger partial charge in [0.15, 0.2) is 6.10 Å². The molecule has 0 fully saturated rings. The summed E-state index contributed by atoms with van der Waals surface area (Å²) < 4.78 is 10.6. The van der Waals surface area contributed by atoms with Crippen molar-refractivity contribution < 1.29 is 24.2 Å². The summed E-state index contributed by atoms with van der Waals surface area (Å²) in [6.07, 6.45) is 81.8. The van der Waals surface area contributed by atoms with Gasteiger partial charge >= 0.3 is 11.9 Å². The van der Waals surface area contributed by atoms with Crippen LogP contribution in [0.4, 0.5) is 0 Å². The minimum atomic E-state index is -0.795. The number of allylic oxidation sites excluding steroid dienone is 20. The lowest BCUT2D eigenvalue weighted by Crippen LogP contribution is -2.28. The topological polar surface area (TPSA) is 72.8 Å². The Morgan fingerprint density at radius 3 is 0.939 bits per heavy atom. The summed E-state index contributed by atoms with van der Waals surface area (Å²) in [6.45, 7) is 3.87. The van der Waals surface area contributed by atoms with Gasteiger partial charge < -0.3 is 14.6 Å². The third-order valence-corrected chi connectivity index (χ3v) is 11.3. The van der Waals surface area contributed by atoms with Crippen LogP contribution in [-0.2, 0) is 19.1 Å². The molecule has 5 heteroatoms. The number of aliphatic hydroxyl groups excluding tert-OH is 1. The molecule has 0 aliphatic heterocycles. The van der Waals surface area contributed by atoms with E-state index in [2.05, 4.69) is 135 Å². The van der Waals surface area contributed by atoms with Gasteiger partial charge in [0.1, 0.15) is 6.61 Å². The molecule has 1 N–H and O–H groups in total. The highest BCUT2D eigenvalue weighted by molar-refractivity contribution is 5.70. The van der Waals surface area contributed by atoms with Gasteiger partial charge in [-0.1, -0.05) is 238 Å². The average Bonchev–Trinajstić information content (AvgIpc) is 3.32. The highest BCUT2D eigenvalue weighted by Gasteiger charge is 2.16. The van der Waals surface area contributed by atoms with Gasteiger partial charge in [-0.2, -0.15) is 0 Å². The molecule has 5 nitrogen and oxygen atoms in total. The zero-order chi connectivity index (χ0) is 47.7. The van der Waals surface area contributed by atoms with Crippen molar-refractivity contribution in [3.63, 3.8) is 0 Å². The number of esters is 2. The van der Waals surface area contributed by atoms with Crippen molar-refractivity contribution in [1.82, 2.24) is 0 Å². The predicted octanol–water partition coefficient (Wildman–Crippen LogP) is 18.3. The molecule has 0 aromatic carbocycles. The molecule has 0 saturated carbocycles. The summed E-state index contributed by atoms with van der Waals surface area (Å²) in [5.41, 5.74) is 0. The van der Waals surface area contributed by atoms with Crippen molar-refractivity contribution in [3.8, 4) is 0 Å². The summed E-state index contributed by atoms with van der Waals surface area (Å²) in [5.74, 6) is -0.641. The molecule has 0 bridgehead atoms. The molecule has 0 rings (SSSR count). The SMILES string of the molecule is CC/C=C\C/C=C\C/C=C\C/C=C\C/C=C\C/C=C\CCCCCCCCCCCCCCCCCCCCC(=O)OC(CO)COC(=O)CCCC/C=C\C/C=C\C/C=C\C/C=C\CC. The van der Waals surface area contributed by atoms with Crippen molar-refractivity contribution in [1.29, 1.82) is 0 Å². The van der Waals surface area contributed by atoms with Gasteiger partial charge in [0.2, 0.25) is 0 Å². The van der Waals surface area contributed by atoms with Crippen LogP contribution in [0.5, 0.6) is 0 Å². The molecule has 374 valence electrons. The van der Waals surface area contributed by atoms with E-state index < -0.39 is 6.10 Å². The van der Waals surface area contributed by atoms with Gasteiger partial charge in [-0.15, -0.1) is 0 Å². The van der Waals surface area contributed by atoms with E-state index in [1.54, 1.807) is 0 Å².